The number of carbonyl (C=O) groups excluding carboxylic acids is 1. The summed E-state index contributed by atoms with van der Waals surface area (Å²) in [5, 5.41) is 1.21. The number of ether oxygens (including phenoxy) is 1. The van der Waals surface area contributed by atoms with Crippen LogP contribution < -0.4 is 4.90 Å². The number of aryl methyl sites for hydroxylation is 2. The maximum atomic E-state index is 12.6. The summed E-state index contributed by atoms with van der Waals surface area (Å²) in [4.78, 5) is 23.1. The van der Waals surface area contributed by atoms with E-state index >= 15 is 0 Å². The topological polar surface area (TPSA) is 55.3 Å². The van der Waals surface area contributed by atoms with Gasteiger partial charge in [0, 0.05) is 24.7 Å². The lowest BCUT2D eigenvalue weighted by molar-refractivity contribution is -0.119. The van der Waals surface area contributed by atoms with Crippen LogP contribution in [0.1, 0.15) is 29.8 Å². The monoisotopic (exact) mass is 319 g/mol. The molecule has 1 unspecified atom stereocenters. The molecule has 1 aliphatic rings. The molecule has 1 aliphatic heterocycles. The van der Waals surface area contributed by atoms with Crippen molar-refractivity contribution in [3.63, 3.8) is 0 Å². The van der Waals surface area contributed by atoms with Crippen molar-refractivity contribution in [3.8, 4) is 0 Å². The molecule has 0 fully saturated rings. The number of halogens is 1. The Kier molecular flexibility index (Phi) is 3.78. The van der Waals surface area contributed by atoms with Crippen molar-refractivity contribution in [3.05, 3.63) is 28.2 Å². The summed E-state index contributed by atoms with van der Waals surface area (Å²) >= 11 is 6.28. The molecule has 116 valence electrons. The number of nitrogens with zero attached hydrogens (tertiary/aromatic N) is 3. The van der Waals surface area contributed by atoms with E-state index in [1.54, 1.807) is 12.0 Å². The minimum atomic E-state index is -0.176. The summed E-state index contributed by atoms with van der Waals surface area (Å²) in [5.74, 6) is 0.547. The molecule has 0 saturated carbocycles. The number of methoxy groups -OCH3 is 1. The Labute approximate surface area is 134 Å². The molecule has 2 aromatic rings. The van der Waals surface area contributed by atoms with Gasteiger partial charge in [0.15, 0.2) is 0 Å². The Bertz CT molecular complexity index is 776. The molecule has 6 heteroatoms. The summed E-state index contributed by atoms with van der Waals surface area (Å²) < 4.78 is 5.11. The number of hydrogen-bond acceptors (Lipinski definition) is 4. The van der Waals surface area contributed by atoms with Gasteiger partial charge in [-0.05, 0) is 38.0 Å². The molecule has 1 aromatic heterocycles. The molecular weight excluding hydrogens is 302 g/mol. The summed E-state index contributed by atoms with van der Waals surface area (Å²) in [6.45, 7) is 6.77. The van der Waals surface area contributed by atoms with Crippen molar-refractivity contribution in [1.29, 1.82) is 0 Å². The van der Waals surface area contributed by atoms with Gasteiger partial charge >= 0.3 is 0 Å². The molecule has 0 bridgehead atoms. The molecule has 0 aliphatic carbocycles. The smallest absolute Gasteiger partial charge is 0.234 e. The second-order valence-electron chi connectivity index (χ2n) is 5.60. The highest BCUT2D eigenvalue weighted by molar-refractivity contribution is 6.34. The molecule has 0 N–H and O–H groups in total. The van der Waals surface area contributed by atoms with Crippen LogP contribution >= 0.6 is 11.6 Å². The quantitative estimate of drug-likeness (QED) is 0.816. The molecule has 1 aromatic carbocycles. The maximum Gasteiger partial charge on any atom is 0.234 e. The van der Waals surface area contributed by atoms with Crippen LogP contribution in [0.4, 0.5) is 5.69 Å². The van der Waals surface area contributed by atoms with E-state index in [-0.39, 0.29) is 11.8 Å². The van der Waals surface area contributed by atoms with E-state index in [9.17, 15) is 4.79 Å². The number of fused-ring (bicyclic) bond motifs is 2. The molecule has 1 amide bonds. The average molecular weight is 320 g/mol. The largest absolute Gasteiger partial charge is 0.383 e. The lowest BCUT2D eigenvalue weighted by atomic mass is 9.95. The zero-order valence-corrected chi connectivity index (χ0v) is 13.9. The van der Waals surface area contributed by atoms with Crippen LogP contribution in [-0.4, -0.2) is 36.1 Å². The van der Waals surface area contributed by atoms with Gasteiger partial charge in [-0.1, -0.05) is 11.6 Å². The summed E-state index contributed by atoms with van der Waals surface area (Å²) in [7, 11) is 1.63. The van der Waals surface area contributed by atoms with Crippen LogP contribution in [0.25, 0.3) is 10.9 Å². The van der Waals surface area contributed by atoms with Crippen LogP contribution in [0.15, 0.2) is 6.07 Å². The third kappa shape index (κ3) is 2.16. The van der Waals surface area contributed by atoms with Gasteiger partial charge in [0.2, 0.25) is 5.91 Å². The fourth-order valence-electron chi connectivity index (χ4n) is 3.15. The molecule has 1 atom stereocenters. The lowest BCUT2D eigenvalue weighted by Gasteiger charge is -2.18. The highest BCUT2D eigenvalue weighted by Gasteiger charge is 2.36. The molecule has 22 heavy (non-hydrogen) atoms. The van der Waals surface area contributed by atoms with Gasteiger partial charge in [0.05, 0.1) is 18.0 Å². The predicted octanol–water partition coefficient (Wildman–Crippen LogP) is 3.00. The zero-order valence-electron chi connectivity index (χ0n) is 13.1. The first-order valence-electron chi connectivity index (χ1n) is 7.23. The third-order valence-electron chi connectivity index (χ3n) is 4.21. The first-order valence-corrected chi connectivity index (χ1v) is 7.61. The lowest BCUT2D eigenvalue weighted by Crippen LogP contribution is -2.31. The second kappa shape index (κ2) is 5.48. The molecule has 0 spiro atoms. The van der Waals surface area contributed by atoms with Gasteiger partial charge in [0.1, 0.15) is 11.0 Å². The average Bonchev–Trinajstić information content (AvgIpc) is 2.71. The highest BCUT2D eigenvalue weighted by Crippen LogP contribution is 2.43. The maximum absolute atomic E-state index is 12.6. The van der Waals surface area contributed by atoms with Gasteiger partial charge in [0.25, 0.3) is 0 Å². The summed E-state index contributed by atoms with van der Waals surface area (Å²) in [6.07, 6.45) is 0. The Hall–Kier alpha value is -1.72. The third-order valence-corrected chi connectivity index (χ3v) is 4.49. The van der Waals surface area contributed by atoms with Crippen LogP contribution in [0, 0.1) is 13.8 Å². The van der Waals surface area contributed by atoms with Gasteiger partial charge in [-0.3, -0.25) is 4.79 Å². The van der Waals surface area contributed by atoms with Crippen molar-refractivity contribution in [2.45, 2.75) is 26.7 Å². The van der Waals surface area contributed by atoms with Gasteiger partial charge in [-0.2, -0.15) is 0 Å². The first-order chi connectivity index (χ1) is 10.5. The Morgan fingerprint density at radius 2 is 2.09 bits per heavy atom. The van der Waals surface area contributed by atoms with Crippen molar-refractivity contribution in [2.75, 3.05) is 25.2 Å². The Morgan fingerprint density at radius 1 is 1.36 bits per heavy atom. The molecule has 2 heterocycles. The van der Waals surface area contributed by atoms with Crippen molar-refractivity contribution < 1.29 is 9.53 Å². The fraction of sp³-hybridized carbons (Fsp3) is 0.438. The summed E-state index contributed by atoms with van der Waals surface area (Å²) in [5.41, 5.74) is 3.75. The van der Waals surface area contributed by atoms with Crippen molar-refractivity contribution in [1.82, 2.24) is 9.97 Å². The van der Waals surface area contributed by atoms with Crippen LogP contribution in [0.3, 0.4) is 0 Å². The number of aromatic nitrogens is 2. The minimum Gasteiger partial charge on any atom is -0.383 e. The Balaban J connectivity index is 2.26. The van der Waals surface area contributed by atoms with E-state index in [1.165, 1.54) is 0 Å². The minimum absolute atomic E-state index is 0.0891. The number of hydrogen-bond donors (Lipinski definition) is 0. The number of anilines is 1. The normalized spacial score (nSPS) is 17.4. The first kappa shape index (κ1) is 15.2. The van der Waals surface area contributed by atoms with E-state index in [2.05, 4.69) is 9.97 Å². The van der Waals surface area contributed by atoms with Crippen molar-refractivity contribution >= 4 is 34.1 Å². The SMILES string of the molecule is COCCN1C(=O)C(C)c2c1cc1c(Cl)nc(C)nc1c2C. The molecule has 3 rings (SSSR count). The van der Waals surface area contributed by atoms with Crippen LogP contribution in [0.2, 0.25) is 5.15 Å². The van der Waals surface area contributed by atoms with Crippen LogP contribution in [0.5, 0.6) is 0 Å². The number of rotatable bonds is 3. The summed E-state index contributed by atoms with van der Waals surface area (Å²) in [6, 6.07) is 1.93. The van der Waals surface area contributed by atoms with Crippen molar-refractivity contribution in [2.24, 2.45) is 0 Å². The van der Waals surface area contributed by atoms with E-state index < -0.39 is 0 Å². The molecule has 0 radical (unpaired) electrons. The molecule has 5 nitrogen and oxygen atoms in total. The van der Waals surface area contributed by atoms with Crippen LogP contribution in [-0.2, 0) is 9.53 Å². The number of benzene rings is 1. The Morgan fingerprint density at radius 3 is 2.77 bits per heavy atom. The van der Waals surface area contributed by atoms with E-state index in [1.807, 2.05) is 26.8 Å². The predicted molar refractivity (Wildman–Crippen MR) is 86.7 cm³/mol. The van der Waals surface area contributed by atoms with Gasteiger partial charge in [-0.15, -0.1) is 0 Å². The highest BCUT2D eigenvalue weighted by atomic mass is 35.5. The standard InChI is InChI=1S/C16H18ClN3O2/c1-8-13-9(2)16(21)20(5-6-22-4)12(13)7-11-14(8)18-10(3)19-15(11)17/h7,9H,5-6H2,1-4H3. The van der Waals surface area contributed by atoms with Gasteiger partial charge < -0.3 is 9.64 Å². The van der Waals surface area contributed by atoms with E-state index in [0.717, 1.165) is 27.7 Å². The van der Waals surface area contributed by atoms with E-state index in [0.29, 0.717) is 24.1 Å². The second-order valence-corrected chi connectivity index (χ2v) is 5.95. The number of amides is 1. The molecule has 0 saturated heterocycles. The molecular formula is C16H18ClN3O2. The fourth-order valence-corrected chi connectivity index (χ4v) is 3.42. The number of carbonyl (C=O) groups is 1. The zero-order chi connectivity index (χ0) is 16.0. The van der Waals surface area contributed by atoms with Gasteiger partial charge in [-0.25, -0.2) is 9.97 Å². The van der Waals surface area contributed by atoms with E-state index in [4.69, 9.17) is 16.3 Å².